The number of carbonyl (C=O) groups excluding carboxylic acids is 2. The van der Waals surface area contributed by atoms with E-state index in [1.807, 2.05) is 74.5 Å². The summed E-state index contributed by atoms with van der Waals surface area (Å²) in [6.45, 7) is 9.92. The molecule has 43 heavy (non-hydrogen) atoms. The van der Waals surface area contributed by atoms with Crippen LogP contribution in [0.4, 0.5) is 11.4 Å². The summed E-state index contributed by atoms with van der Waals surface area (Å²) in [6.07, 6.45) is 5.16. The molecule has 227 valence electrons. The second kappa shape index (κ2) is 17.5. The van der Waals surface area contributed by atoms with Gasteiger partial charge in [0.1, 0.15) is 11.5 Å². The molecule has 8 nitrogen and oxygen atoms in total. The Kier molecular flexibility index (Phi) is 14.9. The maximum absolute atomic E-state index is 10.5. The molecule has 0 amide bonds. The topological polar surface area (TPSA) is 145 Å². The predicted octanol–water partition coefficient (Wildman–Crippen LogP) is 5.00. The average Bonchev–Trinajstić information content (AvgIpc) is 2.93. The number of aliphatic carboxylic acids is 2. The number of hydrogen-bond donors (Lipinski definition) is 2. The quantitative estimate of drug-likeness (QED) is 0.288. The van der Waals surface area contributed by atoms with Gasteiger partial charge in [-0.2, -0.15) is 0 Å². The molecule has 0 aliphatic carbocycles. The minimum Gasteiger partial charge on any atom is -0.550 e. The first-order valence-corrected chi connectivity index (χ1v) is 13.5. The van der Waals surface area contributed by atoms with Crippen LogP contribution in [0.3, 0.4) is 0 Å². The largest absolute Gasteiger partial charge is 2.00 e. The van der Waals surface area contributed by atoms with Crippen LogP contribution in [-0.2, 0) is 39.2 Å². The summed E-state index contributed by atoms with van der Waals surface area (Å²) in [4.78, 5) is 27.2. The van der Waals surface area contributed by atoms with Crippen molar-refractivity contribution in [1.82, 2.24) is 0 Å². The Morgan fingerprint density at radius 2 is 1.02 bits per heavy atom. The molecule has 0 saturated carbocycles. The van der Waals surface area contributed by atoms with E-state index >= 15 is 0 Å². The molecule has 2 N–H and O–H groups in total. The zero-order valence-corrected chi connectivity index (χ0v) is 26.1. The molecule has 0 bridgehead atoms. The fraction of sp³-hybridized carbons (Fsp3) is 0.235. The molecule has 0 heterocycles. The number of rotatable bonds is 6. The number of aryl methyl sites for hydroxylation is 4. The van der Waals surface area contributed by atoms with Gasteiger partial charge in [-0.25, -0.2) is 0 Å². The molecule has 9 heteroatoms. The Hall–Kier alpha value is -4.47. The van der Waals surface area contributed by atoms with Gasteiger partial charge in [-0.15, -0.1) is 0 Å². The van der Waals surface area contributed by atoms with Gasteiger partial charge in [-0.05, 0) is 97.8 Å². The van der Waals surface area contributed by atoms with Crippen molar-refractivity contribution in [1.29, 1.82) is 0 Å². The third kappa shape index (κ3) is 11.4. The van der Waals surface area contributed by atoms with Gasteiger partial charge in [0.05, 0.1) is 11.4 Å². The second-order valence-corrected chi connectivity index (χ2v) is 9.60. The van der Waals surface area contributed by atoms with E-state index in [0.29, 0.717) is 22.5 Å². The van der Waals surface area contributed by atoms with Gasteiger partial charge in [-0.3, -0.25) is 9.98 Å². The number of carbonyl (C=O) groups is 2. The van der Waals surface area contributed by atoms with Crippen molar-refractivity contribution in [3.8, 4) is 11.5 Å². The maximum Gasteiger partial charge on any atom is 2.00 e. The first-order valence-electron chi connectivity index (χ1n) is 13.5. The summed E-state index contributed by atoms with van der Waals surface area (Å²) in [7, 11) is 0. The summed E-state index contributed by atoms with van der Waals surface area (Å²) < 4.78 is 0. The molecular weight excluding hydrogens is 591 g/mol. The Balaban J connectivity index is 0.000000917. The minimum atomic E-state index is -1.08. The number of hydrogen-bond acceptors (Lipinski definition) is 8. The normalized spacial score (nSPS) is 10.5. The summed E-state index contributed by atoms with van der Waals surface area (Å²) in [5, 5.41) is 41.0. The zero-order valence-electron chi connectivity index (χ0n) is 25.1. The van der Waals surface area contributed by atoms with Crippen LogP contribution < -0.4 is 10.2 Å². The Bertz CT molecular complexity index is 1500. The molecule has 0 fully saturated rings. The van der Waals surface area contributed by atoms with Crippen LogP contribution in [0.25, 0.3) is 10.8 Å². The Morgan fingerprint density at radius 1 is 0.698 bits per heavy atom. The van der Waals surface area contributed by atoms with Crippen LogP contribution in [0.5, 0.6) is 11.5 Å². The number of aromatic hydroxyl groups is 2. The van der Waals surface area contributed by atoms with Gasteiger partial charge in [-0.1, -0.05) is 50.2 Å². The fourth-order valence-corrected chi connectivity index (χ4v) is 4.07. The monoisotopic (exact) mass is 627 g/mol. The number of carboxylic acid groups (broad SMARTS) is 2. The van der Waals surface area contributed by atoms with Crippen molar-refractivity contribution in [2.45, 2.75) is 54.4 Å². The number of nitrogens with zero attached hydrogens (tertiary/aromatic N) is 2. The summed E-state index contributed by atoms with van der Waals surface area (Å²) in [6, 6.07) is 20.0. The molecule has 0 aromatic heterocycles. The zero-order chi connectivity index (χ0) is 31.4. The average molecular weight is 628 g/mol. The van der Waals surface area contributed by atoms with Crippen molar-refractivity contribution in [3.63, 3.8) is 0 Å². The fourth-order valence-electron chi connectivity index (χ4n) is 4.07. The van der Waals surface area contributed by atoms with Crippen molar-refractivity contribution in [3.05, 3.63) is 94.0 Å². The molecular formula is C34H36CoN2O6. The number of fused-ring (bicyclic) bond motifs is 1. The van der Waals surface area contributed by atoms with Crippen molar-refractivity contribution < 1.29 is 46.8 Å². The van der Waals surface area contributed by atoms with Gasteiger partial charge in [0.25, 0.3) is 0 Å². The molecule has 1 radical (unpaired) electrons. The van der Waals surface area contributed by atoms with E-state index in [4.69, 9.17) is 29.8 Å². The third-order valence-corrected chi connectivity index (χ3v) is 6.12. The molecule has 0 aliphatic heterocycles. The molecule has 4 rings (SSSR count). The molecule has 0 spiro atoms. The van der Waals surface area contributed by atoms with Gasteiger partial charge in [0, 0.05) is 35.5 Å². The number of aliphatic imine (C=N–C) groups is 2. The van der Waals surface area contributed by atoms with Crippen LogP contribution in [0.2, 0.25) is 0 Å². The Morgan fingerprint density at radius 3 is 1.33 bits per heavy atom. The van der Waals surface area contributed by atoms with Gasteiger partial charge in [0.15, 0.2) is 0 Å². The number of benzene rings is 4. The first-order chi connectivity index (χ1) is 19.9. The van der Waals surface area contributed by atoms with Gasteiger partial charge >= 0.3 is 16.8 Å². The molecule has 0 unspecified atom stereocenters. The van der Waals surface area contributed by atoms with Crippen molar-refractivity contribution >= 4 is 46.5 Å². The SMILES string of the molecule is CC(=O)[O-].CC(=O)[O-].CCc1cc(C)c(O)c(C=Nc2cc3ccccc3cc2N=Cc2cc(CC)cc(C)c2O)c1.[Co+2]. The van der Waals surface area contributed by atoms with Crippen LogP contribution >= 0.6 is 0 Å². The van der Waals surface area contributed by atoms with Gasteiger partial charge in [0.2, 0.25) is 0 Å². The van der Waals surface area contributed by atoms with E-state index in [1.54, 1.807) is 12.4 Å². The van der Waals surface area contributed by atoms with Crippen LogP contribution in [0, 0.1) is 13.8 Å². The maximum atomic E-state index is 10.5. The number of phenolic OH excluding ortho intramolecular Hbond substituents is 2. The molecule has 4 aromatic carbocycles. The predicted molar refractivity (Wildman–Crippen MR) is 164 cm³/mol. The van der Waals surface area contributed by atoms with E-state index in [2.05, 4.69) is 13.8 Å². The van der Waals surface area contributed by atoms with Crippen LogP contribution in [-0.4, -0.2) is 34.6 Å². The van der Waals surface area contributed by atoms with E-state index in [1.165, 1.54) is 0 Å². The number of carboxylic acids is 2. The van der Waals surface area contributed by atoms with E-state index in [9.17, 15) is 10.2 Å². The summed E-state index contributed by atoms with van der Waals surface area (Å²) in [5.74, 6) is -1.69. The van der Waals surface area contributed by atoms with Crippen LogP contribution in [0.15, 0.2) is 70.6 Å². The summed E-state index contributed by atoms with van der Waals surface area (Å²) >= 11 is 0. The molecule has 4 aromatic rings. The standard InChI is InChI=1S/C30H30N2O2.2C2H4O2.Co/c1-5-21-11-19(3)29(33)25(13-21)17-31-27-15-23-9-7-8-10-24(23)16-28(27)32-18-26-14-22(6-2)12-20(4)30(26)34;2*1-2(3)4;/h7-18,33-34H,5-6H2,1-4H3;2*1H3,(H,3,4);/q;;;+2/p-2. The first kappa shape index (κ1) is 36.6. The third-order valence-electron chi connectivity index (χ3n) is 6.12. The van der Waals surface area contributed by atoms with E-state index < -0.39 is 11.9 Å². The van der Waals surface area contributed by atoms with E-state index in [-0.39, 0.29) is 28.3 Å². The molecule has 0 atom stereocenters. The van der Waals surface area contributed by atoms with E-state index in [0.717, 1.165) is 59.7 Å². The van der Waals surface area contributed by atoms with Crippen molar-refractivity contribution in [2.24, 2.45) is 9.98 Å². The molecule has 0 saturated heterocycles. The molecule has 0 aliphatic rings. The Labute approximate surface area is 262 Å². The van der Waals surface area contributed by atoms with Gasteiger partial charge < -0.3 is 30.0 Å². The summed E-state index contributed by atoms with van der Waals surface area (Å²) in [5.41, 5.74) is 6.71. The number of phenols is 2. The smallest absolute Gasteiger partial charge is 0.550 e. The second-order valence-electron chi connectivity index (χ2n) is 9.60. The minimum absolute atomic E-state index is 0. The van der Waals surface area contributed by atoms with Crippen LogP contribution in [0.1, 0.15) is 61.1 Å². The van der Waals surface area contributed by atoms with Crippen molar-refractivity contribution in [2.75, 3.05) is 0 Å².